The molecule has 0 unspecified atom stereocenters. The Morgan fingerprint density at radius 1 is 0.710 bits per heavy atom. The maximum atomic E-state index is 12.8. The SMILES string of the molecule is CCCCCCCC/C=C\CCCCCCCCN1C(=O)NC(=O)C(CC)(CC)C1=O. The van der Waals surface area contributed by atoms with E-state index in [1.54, 1.807) is 0 Å². The van der Waals surface area contributed by atoms with Gasteiger partial charge in [-0.1, -0.05) is 90.7 Å². The van der Waals surface area contributed by atoms with Gasteiger partial charge >= 0.3 is 6.03 Å². The van der Waals surface area contributed by atoms with E-state index in [4.69, 9.17) is 0 Å². The highest BCUT2D eigenvalue weighted by Crippen LogP contribution is 2.32. The summed E-state index contributed by atoms with van der Waals surface area (Å²) in [5.74, 6) is -0.760. The van der Waals surface area contributed by atoms with E-state index in [1.807, 2.05) is 13.8 Å². The lowest BCUT2D eigenvalue weighted by Crippen LogP contribution is -2.63. The molecule has 1 heterocycles. The van der Waals surface area contributed by atoms with E-state index >= 15 is 0 Å². The summed E-state index contributed by atoms with van der Waals surface area (Å²) in [5, 5.41) is 2.38. The summed E-state index contributed by atoms with van der Waals surface area (Å²) in [6.07, 6.45) is 22.6. The molecule has 31 heavy (non-hydrogen) atoms. The van der Waals surface area contributed by atoms with E-state index in [2.05, 4.69) is 24.4 Å². The zero-order valence-corrected chi connectivity index (χ0v) is 20.3. The lowest BCUT2D eigenvalue weighted by atomic mass is 9.78. The maximum absolute atomic E-state index is 12.8. The van der Waals surface area contributed by atoms with Crippen LogP contribution in [0.25, 0.3) is 0 Å². The third-order valence-corrected chi connectivity index (χ3v) is 6.66. The minimum Gasteiger partial charge on any atom is -0.277 e. The fourth-order valence-electron chi connectivity index (χ4n) is 4.33. The Balaban J connectivity index is 2.07. The van der Waals surface area contributed by atoms with E-state index in [9.17, 15) is 14.4 Å². The Hall–Kier alpha value is -1.65. The fraction of sp³-hybridized carbons (Fsp3) is 0.808. The molecule has 1 saturated heterocycles. The highest BCUT2D eigenvalue weighted by atomic mass is 16.2. The number of hydrogen-bond donors (Lipinski definition) is 1. The van der Waals surface area contributed by atoms with Gasteiger partial charge in [-0.15, -0.1) is 0 Å². The lowest BCUT2D eigenvalue weighted by molar-refractivity contribution is -0.152. The molecule has 0 spiro atoms. The van der Waals surface area contributed by atoms with Crippen molar-refractivity contribution in [2.24, 2.45) is 5.41 Å². The van der Waals surface area contributed by atoms with E-state index in [1.165, 1.54) is 75.5 Å². The number of unbranched alkanes of at least 4 members (excludes halogenated alkanes) is 12. The minimum absolute atomic E-state index is 0.320. The molecule has 0 bridgehead atoms. The van der Waals surface area contributed by atoms with E-state index in [0.29, 0.717) is 19.4 Å². The Morgan fingerprint density at radius 3 is 1.71 bits per heavy atom. The van der Waals surface area contributed by atoms with E-state index < -0.39 is 17.4 Å². The number of urea groups is 1. The molecule has 0 aromatic carbocycles. The van der Waals surface area contributed by atoms with Crippen LogP contribution in [0.2, 0.25) is 0 Å². The summed E-state index contributed by atoms with van der Waals surface area (Å²) in [6.45, 7) is 6.33. The highest BCUT2D eigenvalue weighted by Gasteiger charge is 2.51. The molecule has 1 N–H and O–H groups in total. The normalized spacial score (nSPS) is 16.4. The second-order valence-electron chi connectivity index (χ2n) is 8.94. The number of amides is 4. The van der Waals surface area contributed by atoms with Gasteiger partial charge < -0.3 is 0 Å². The molecule has 0 aliphatic carbocycles. The van der Waals surface area contributed by atoms with Crippen LogP contribution >= 0.6 is 0 Å². The van der Waals surface area contributed by atoms with Crippen molar-refractivity contribution in [1.29, 1.82) is 0 Å². The summed E-state index contributed by atoms with van der Waals surface area (Å²) < 4.78 is 0. The predicted octanol–water partition coefficient (Wildman–Crippen LogP) is 6.91. The Kier molecular flexibility index (Phi) is 14.2. The first-order chi connectivity index (χ1) is 15.0. The average molecular weight is 435 g/mol. The van der Waals surface area contributed by atoms with Crippen molar-refractivity contribution in [1.82, 2.24) is 10.2 Å². The number of carbonyl (C=O) groups is 3. The second-order valence-corrected chi connectivity index (χ2v) is 8.94. The van der Waals surface area contributed by atoms with Gasteiger partial charge in [0.15, 0.2) is 0 Å². The third kappa shape index (κ3) is 9.16. The molecule has 0 saturated carbocycles. The summed E-state index contributed by atoms with van der Waals surface area (Å²) >= 11 is 0. The zero-order valence-electron chi connectivity index (χ0n) is 20.3. The molecule has 178 valence electrons. The van der Waals surface area contributed by atoms with Crippen LogP contribution in [-0.4, -0.2) is 29.3 Å². The first kappa shape index (κ1) is 27.4. The van der Waals surface area contributed by atoms with Crippen LogP contribution in [-0.2, 0) is 9.59 Å². The molecule has 1 aliphatic rings. The van der Waals surface area contributed by atoms with Crippen LogP contribution in [0.3, 0.4) is 0 Å². The number of nitrogens with one attached hydrogen (secondary N) is 1. The molecule has 1 fully saturated rings. The first-order valence-corrected chi connectivity index (χ1v) is 12.9. The van der Waals surface area contributed by atoms with Crippen molar-refractivity contribution in [3.8, 4) is 0 Å². The lowest BCUT2D eigenvalue weighted by Gasteiger charge is -2.38. The van der Waals surface area contributed by atoms with Crippen molar-refractivity contribution in [3.05, 3.63) is 12.2 Å². The summed E-state index contributed by atoms with van der Waals surface area (Å²) in [5.41, 5.74) is -1.07. The molecule has 0 radical (unpaired) electrons. The van der Waals surface area contributed by atoms with Crippen LogP contribution in [0, 0.1) is 5.41 Å². The van der Waals surface area contributed by atoms with Crippen molar-refractivity contribution < 1.29 is 14.4 Å². The van der Waals surface area contributed by atoms with Gasteiger partial charge in [-0.3, -0.25) is 19.8 Å². The van der Waals surface area contributed by atoms with Crippen molar-refractivity contribution in [3.63, 3.8) is 0 Å². The fourth-order valence-corrected chi connectivity index (χ4v) is 4.33. The molecular formula is C26H46N2O3. The number of nitrogens with zero attached hydrogens (tertiary/aromatic N) is 1. The Labute approximate surface area is 190 Å². The summed E-state index contributed by atoms with van der Waals surface area (Å²) in [4.78, 5) is 38.3. The van der Waals surface area contributed by atoms with Crippen molar-refractivity contribution >= 4 is 17.8 Å². The first-order valence-electron chi connectivity index (χ1n) is 12.9. The number of hydrogen-bond acceptors (Lipinski definition) is 3. The van der Waals surface area contributed by atoms with Gasteiger partial charge in [-0.25, -0.2) is 4.79 Å². The zero-order chi connectivity index (χ0) is 23.0. The number of allylic oxidation sites excluding steroid dienone is 2. The molecule has 4 amide bonds. The van der Waals surface area contributed by atoms with Gasteiger partial charge in [0.1, 0.15) is 5.41 Å². The van der Waals surface area contributed by atoms with Gasteiger partial charge in [0.25, 0.3) is 0 Å². The number of rotatable bonds is 18. The van der Waals surface area contributed by atoms with Crippen molar-refractivity contribution in [2.75, 3.05) is 6.54 Å². The topological polar surface area (TPSA) is 66.5 Å². The average Bonchev–Trinajstić information content (AvgIpc) is 2.76. The van der Waals surface area contributed by atoms with Gasteiger partial charge in [0.2, 0.25) is 11.8 Å². The molecule has 0 aromatic heterocycles. The van der Waals surface area contributed by atoms with Gasteiger partial charge in [-0.2, -0.15) is 0 Å². The highest BCUT2D eigenvalue weighted by molar-refractivity contribution is 6.19. The Bertz CT molecular complexity index is 567. The molecule has 0 aromatic rings. The van der Waals surface area contributed by atoms with Gasteiger partial charge in [0.05, 0.1) is 0 Å². The number of imide groups is 2. The second kappa shape index (κ2) is 16.0. The summed E-state index contributed by atoms with van der Waals surface area (Å²) in [6, 6.07) is -0.555. The number of carbonyl (C=O) groups excluding carboxylic acids is 3. The number of barbiturate groups is 1. The Morgan fingerprint density at radius 2 is 1.19 bits per heavy atom. The van der Waals surface area contributed by atoms with Gasteiger partial charge in [0, 0.05) is 6.54 Å². The monoisotopic (exact) mass is 434 g/mol. The summed E-state index contributed by atoms with van der Waals surface area (Å²) in [7, 11) is 0. The van der Waals surface area contributed by atoms with Crippen LogP contribution in [0.1, 0.15) is 124 Å². The van der Waals surface area contributed by atoms with E-state index in [-0.39, 0.29) is 5.91 Å². The molecule has 5 heteroatoms. The van der Waals surface area contributed by atoms with Crippen LogP contribution in [0.15, 0.2) is 12.2 Å². The standard InChI is InChI=1S/C26H46N2O3/c1-4-7-8-9-10-11-12-13-14-15-16-17-18-19-20-21-22-28-24(30)26(5-2,6-3)23(29)27-25(28)31/h13-14H,4-12,15-22H2,1-3H3,(H,27,29,31)/b14-13-. The van der Waals surface area contributed by atoms with Crippen LogP contribution in [0.4, 0.5) is 4.79 Å². The smallest absolute Gasteiger partial charge is 0.277 e. The molecule has 5 nitrogen and oxygen atoms in total. The largest absolute Gasteiger partial charge is 0.330 e. The third-order valence-electron chi connectivity index (χ3n) is 6.66. The maximum Gasteiger partial charge on any atom is 0.330 e. The van der Waals surface area contributed by atoms with Crippen LogP contribution in [0.5, 0.6) is 0 Å². The molecular weight excluding hydrogens is 388 g/mol. The van der Waals surface area contributed by atoms with Gasteiger partial charge in [-0.05, 0) is 44.9 Å². The minimum atomic E-state index is -1.07. The van der Waals surface area contributed by atoms with Crippen LogP contribution < -0.4 is 5.32 Å². The predicted molar refractivity (Wildman–Crippen MR) is 128 cm³/mol. The van der Waals surface area contributed by atoms with Crippen molar-refractivity contribution in [2.45, 2.75) is 124 Å². The molecule has 1 rings (SSSR count). The molecule has 0 atom stereocenters. The quantitative estimate of drug-likeness (QED) is 0.145. The van der Waals surface area contributed by atoms with E-state index in [0.717, 1.165) is 19.3 Å². The molecule has 1 aliphatic heterocycles.